The maximum Gasteiger partial charge on any atom is 0.234 e. The zero-order valence-corrected chi connectivity index (χ0v) is 19.9. The molecule has 4 heterocycles. The first-order chi connectivity index (χ1) is 15.4. The van der Waals surface area contributed by atoms with E-state index in [1.54, 1.807) is 23.5 Å². The molecule has 10 heteroatoms. The van der Waals surface area contributed by atoms with Crippen molar-refractivity contribution in [3.05, 3.63) is 34.5 Å². The van der Waals surface area contributed by atoms with E-state index in [1.165, 1.54) is 22.2 Å². The number of anilines is 1. The number of thiophene rings is 1. The van der Waals surface area contributed by atoms with Gasteiger partial charge in [-0.2, -0.15) is 0 Å². The van der Waals surface area contributed by atoms with Crippen LogP contribution in [0.2, 0.25) is 0 Å². The maximum atomic E-state index is 12.6. The van der Waals surface area contributed by atoms with Crippen molar-refractivity contribution in [2.75, 3.05) is 24.3 Å². The fourth-order valence-electron chi connectivity index (χ4n) is 3.67. The molecule has 0 atom stereocenters. The molecule has 1 aliphatic rings. The highest BCUT2D eigenvalue weighted by Gasteiger charge is 2.21. The monoisotopic (exact) mass is 469 g/mol. The van der Waals surface area contributed by atoms with Gasteiger partial charge in [-0.1, -0.05) is 25.6 Å². The highest BCUT2D eigenvalue weighted by Crippen LogP contribution is 2.35. The topological polar surface area (TPSA) is 90.6 Å². The van der Waals surface area contributed by atoms with Crippen LogP contribution in [0.4, 0.5) is 5.69 Å². The molecule has 1 amide bonds. The van der Waals surface area contributed by atoms with Crippen LogP contribution >= 0.6 is 23.1 Å². The van der Waals surface area contributed by atoms with Gasteiger partial charge in [-0.15, -0.1) is 21.5 Å². The summed E-state index contributed by atoms with van der Waals surface area (Å²) in [7, 11) is 0. The fraction of sp³-hybridized carbons (Fsp3) is 0.364. The fourth-order valence-corrected chi connectivity index (χ4v) is 5.44. The van der Waals surface area contributed by atoms with Gasteiger partial charge in [0.15, 0.2) is 22.3 Å². The number of nitrogens with one attached hydrogen (secondary N) is 1. The minimum Gasteiger partial charge on any atom is -0.486 e. The third-order valence-electron chi connectivity index (χ3n) is 5.34. The summed E-state index contributed by atoms with van der Waals surface area (Å²) in [5.74, 6) is 2.49. The lowest BCUT2D eigenvalue weighted by atomic mass is 10.2. The first-order valence-electron chi connectivity index (χ1n) is 10.4. The van der Waals surface area contributed by atoms with E-state index in [2.05, 4.69) is 43.2 Å². The first kappa shape index (κ1) is 21.0. The van der Waals surface area contributed by atoms with Crippen LogP contribution in [0.1, 0.15) is 36.0 Å². The highest BCUT2D eigenvalue weighted by atomic mass is 32.2. The van der Waals surface area contributed by atoms with Crippen molar-refractivity contribution in [3.63, 3.8) is 0 Å². The van der Waals surface area contributed by atoms with E-state index in [0.29, 0.717) is 35.6 Å². The molecule has 0 aliphatic carbocycles. The molecule has 0 saturated carbocycles. The number of aryl methyl sites for hydroxylation is 2. The maximum absolute atomic E-state index is 12.6. The van der Waals surface area contributed by atoms with Crippen LogP contribution in [0, 0.1) is 13.8 Å². The predicted octanol–water partition coefficient (Wildman–Crippen LogP) is 4.58. The molecular formula is C22H23N5O3S2. The number of carbonyl (C=O) groups is 1. The average molecular weight is 470 g/mol. The van der Waals surface area contributed by atoms with E-state index in [4.69, 9.17) is 14.5 Å². The smallest absolute Gasteiger partial charge is 0.234 e. The van der Waals surface area contributed by atoms with Crippen LogP contribution in [0.5, 0.6) is 11.5 Å². The average Bonchev–Trinajstić information content (AvgIpc) is 3.32. The summed E-state index contributed by atoms with van der Waals surface area (Å²) in [6.45, 7) is 9.43. The van der Waals surface area contributed by atoms with Crippen LogP contribution in [-0.2, 0) is 4.79 Å². The Kier molecular flexibility index (Phi) is 5.42. The number of hydrogen-bond donors (Lipinski definition) is 1. The Balaban J connectivity index is 1.39. The Morgan fingerprint density at radius 1 is 1.22 bits per heavy atom. The second-order valence-corrected chi connectivity index (χ2v) is 10.1. The Labute approximate surface area is 193 Å². The number of rotatable bonds is 5. The molecule has 0 bridgehead atoms. The third-order valence-corrected chi connectivity index (χ3v) is 7.37. The van der Waals surface area contributed by atoms with Crippen LogP contribution in [-0.4, -0.2) is 44.5 Å². The summed E-state index contributed by atoms with van der Waals surface area (Å²) in [6.07, 6.45) is 0. The first-order valence-corrected chi connectivity index (χ1v) is 12.2. The molecule has 4 aromatic rings. The lowest BCUT2D eigenvalue weighted by Gasteiger charge is -2.19. The van der Waals surface area contributed by atoms with Crippen LogP contribution in [0.3, 0.4) is 0 Å². The standard InChI is InChI=1S/C22H23N5O3S2/c1-11(2)19-24-21-18(12(3)13(4)32-21)20-25-26-22(27(19)20)31-10-17(28)23-14-5-6-15-16(9-14)30-8-7-29-15/h5-6,9,11H,7-8,10H2,1-4H3,(H,23,28). The number of aromatic nitrogens is 4. The van der Waals surface area contributed by atoms with Gasteiger partial charge >= 0.3 is 0 Å². The SMILES string of the molecule is Cc1sc2nc(C(C)C)n3c(SCC(=O)Nc4ccc5c(c4)OCCO5)nnc3c2c1C. The van der Waals surface area contributed by atoms with Gasteiger partial charge in [0.2, 0.25) is 5.91 Å². The number of amides is 1. The largest absolute Gasteiger partial charge is 0.486 e. The van der Waals surface area contributed by atoms with Crippen molar-refractivity contribution < 1.29 is 14.3 Å². The minimum absolute atomic E-state index is 0.133. The molecule has 3 aromatic heterocycles. The zero-order valence-electron chi connectivity index (χ0n) is 18.3. The summed E-state index contributed by atoms with van der Waals surface area (Å²) in [4.78, 5) is 19.8. The number of hydrogen-bond acceptors (Lipinski definition) is 8. The molecule has 1 aromatic carbocycles. The van der Waals surface area contributed by atoms with Gasteiger partial charge < -0.3 is 14.8 Å². The molecule has 0 saturated heterocycles. The summed E-state index contributed by atoms with van der Waals surface area (Å²) >= 11 is 3.03. The van der Waals surface area contributed by atoms with Gasteiger partial charge in [0, 0.05) is 22.5 Å². The van der Waals surface area contributed by atoms with Crippen molar-refractivity contribution in [2.24, 2.45) is 0 Å². The summed E-state index contributed by atoms with van der Waals surface area (Å²) < 4.78 is 13.1. The number of carbonyl (C=O) groups excluding carboxylic acids is 1. The van der Waals surface area contributed by atoms with E-state index in [1.807, 2.05) is 10.5 Å². The van der Waals surface area contributed by atoms with Gasteiger partial charge in [0.1, 0.15) is 23.9 Å². The van der Waals surface area contributed by atoms with Crippen molar-refractivity contribution in [3.8, 4) is 11.5 Å². The van der Waals surface area contributed by atoms with E-state index in [0.717, 1.165) is 21.7 Å². The minimum atomic E-state index is -0.133. The number of ether oxygens (including phenoxy) is 2. The molecule has 1 aliphatic heterocycles. The Morgan fingerprint density at radius 3 is 2.78 bits per heavy atom. The second kappa shape index (κ2) is 8.25. The van der Waals surface area contributed by atoms with E-state index >= 15 is 0 Å². The van der Waals surface area contributed by atoms with Crippen molar-refractivity contribution in [2.45, 2.75) is 38.8 Å². The number of fused-ring (bicyclic) bond motifs is 4. The second-order valence-electron chi connectivity index (χ2n) is 7.92. The summed E-state index contributed by atoms with van der Waals surface area (Å²) in [5, 5.41) is 13.5. The number of thioether (sulfide) groups is 1. The van der Waals surface area contributed by atoms with Gasteiger partial charge in [-0.3, -0.25) is 9.20 Å². The van der Waals surface area contributed by atoms with Gasteiger partial charge in [0.25, 0.3) is 0 Å². The Hall–Kier alpha value is -2.85. The molecule has 0 unspecified atom stereocenters. The molecule has 1 N–H and O–H groups in total. The van der Waals surface area contributed by atoms with Crippen LogP contribution in [0.15, 0.2) is 23.4 Å². The summed E-state index contributed by atoms with van der Waals surface area (Å²) in [5.41, 5.74) is 2.65. The van der Waals surface area contributed by atoms with Gasteiger partial charge in [-0.05, 0) is 31.5 Å². The molecule has 0 radical (unpaired) electrons. The van der Waals surface area contributed by atoms with Crippen molar-refractivity contribution in [1.82, 2.24) is 19.6 Å². The zero-order chi connectivity index (χ0) is 22.4. The van der Waals surface area contributed by atoms with E-state index in [-0.39, 0.29) is 17.6 Å². The third kappa shape index (κ3) is 3.67. The lowest BCUT2D eigenvalue weighted by molar-refractivity contribution is -0.113. The summed E-state index contributed by atoms with van der Waals surface area (Å²) in [6, 6.07) is 5.39. The number of nitrogens with zero attached hydrogens (tertiary/aromatic N) is 4. The molecule has 32 heavy (non-hydrogen) atoms. The normalized spacial score (nSPS) is 13.3. The van der Waals surface area contributed by atoms with Crippen molar-refractivity contribution in [1.29, 1.82) is 0 Å². The Bertz CT molecular complexity index is 1340. The van der Waals surface area contributed by atoms with E-state index in [9.17, 15) is 4.79 Å². The highest BCUT2D eigenvalue weighted by molar-refractivity contribution is 7.99. The van der Waals surface area contributed by atoms with Crippen molar-refractivity contribution >= 4 is 50.6 Å². The van der Waals surface area contributed by atoms with Gasteiger partial charge in [0.05, 0.1) is 11.1 Å². The van der Waals surface area contributed by atoms with E-state index < -0.39 is 0 Å². The van der Waals surface area contributed by atoms with Crippen LogP contribution in [0.25, 0.3) is 15.9 Å². The number of benzene rings is 1. The molecule has 5 rings (SSSR count). The molecule has 166 valence electrons. The molecule has 8 nitrogen and oxygen atoms in total. The van der Waals surface area contributed by atoms with Gasteiger partial charge in [-0.25, -0.2) is 4.98 Å². The quantitative estimate of drug-likeness (QED) is 0.428. The lowest BCUT2D eigenvalue weighted by Crippen LogP contribution is -2.17. The molecule has 0 fully saturated rings. The Morgan fingerprint density at radius 2 is 2.00 bits per heavy atom. The van der Waals surface area contributed by atoms with Crippen LogP contribution < -0.4 is 14.8 Å². The molecular weight excluding hydrogens is 446 g/mol. The molecule has 0 spiro atoms. The predicted molar refractivity (Wildman–Crippen MR) is 127 cm³/mol.